The minimum Gasteiger partial charge on any atom is -0.362 e. The van der Waals surface area contributed by atoms with Gasteiger partial charge in [-0.05, 0) is 64.4 Å². The Balaban J connectivity index is 0.951. The molecule has 1 aliphatic rings. The lowest BCUT2D eigenvalue weighted by molar-refractivity contribution is 0.0979. The second-order valence-corrected chi connectivity index (χ2v) is 12.5. The lowest BCUT2D eigenvalue weighted by Crippen LogP contribution is -2.15. The van der Waals surface area contributed by atoms with Crippen LogP contribution in [0.25, 0.3) is 32.4 Å². The Morgan fingerprint density at radius 1 is 0.714 bits per heavy atom. The smallest absolute Gasteiger partial charge is 0.164 e. The van der Waals surface area contributed by atoms with E-state index in [0.717, 1.165) is 80.8 Å². The van der Waals surface area contributed by atoms with Gasteiger partial charge in [-0.1, -0.05) is 106 Å². The largest absolute Gasteiger partial charge is 0.362 e. The first-order chi connectivity index (χ1) is 20.6. The summed E-state index contributed by atoms with van der Waals surface area (Å²) in [5.41, 5.74) is 1.95. The van der Waals surface area contributed by atoms with Crippen LogP contribution in [-0.4, -0.2) is 29.8 Å². The Labute approximate surface area is 250 Å². The van der Waals surface area contributed by atoms with E-state index < -0.39 is 0 Å². The molecule has 1 aromatic heterocycles. The number of aryl methyl sites for hydroxylation is 1. The van der Waals surface area contributed by atoms with Crippen molar-refractivity contribution in [2.75, 3.05) is 19.0 Å². The summed E-state index contributed by atoms with van der Waals surface area (Å²) in [5.74, 6) is 3.89. The highest BCUT2D eigenvalue weighted by molar-refractivity contribution is 6.18. The molecule has 0 radical (unpaired) electrons. The Morgan fingerprint density at radius 2 is 1.29 bits per heavy atom. The van der Waals surface area contributed by atoms with E-state index in [9.17, 15) is 4.79 Å². The summed E-state index contributed by atoms with van der Waals surface area (Å²) in [6.07, 6.45) is 12.8. The number of aromatic nitrogens is 2. The number of ketones is 1. The van der Waals surface area contributed by atoms with Crippen molar-refractivity contribution in [3.63, 3.8) is 0 Å². The highest BCUT2D eigenvalue weighted by Crippen LogP contribution is 2.35. The zero-order chi connectivity index (χ0) is 28.9. The summed E-state index contributed by atoms with van der Waals surface area (Å²) in [7, 11) is 4.11. The van der Waals surface area contributed by atoms with Crippen LogP contribution in [0.1, 0.15) is 80.4 Å². The number of rotatable bonds is 11. The van der Waals surface area contributed by atoms with Crippen molar-refractivity contribution in [3.8, 4) is 0 Å². The maximum Gasteiger partial charge on any atom is 0.164 e. The Kier molecular flexibility index (Phi) is 8.79. The number of hydrogen-bond acceptors (Lipinski definition) is 4. The molecule has 6 rings (SSSR count). The molecule has 0 amide bonds. The molecule has 42 heavy (non-hydrogen) atoms. The molecular formula is C38H43N3O. The lowest BCUT2D eigenvalue weighted by Gasteiger charge is -2.28. The van der Waals surface area contributed by atoms with Crippen LogP contribution in [0.2, 0.25) is 0 Å². The zero-order valence-electron chi connectivity index (χ0n) is 25.2. The Bertz CT molecular complexity index is 1630. The molecule has 0 bridgehead atoms. The van der Waals surface area contributed by atoms with Crippen LogP contribution in [0.15, 0.2) is 78.9 Å². The quantitative estimate of drug-likeness (QED) is 0.0921. The molecule has 4 nitrogen and oxygen atoms in total. The van der Waals surface area contributed by atoms with Gasteiger partial charge in [-0.2, -0.15) is 0 Å². The maximum atomic E-state index is 13.5. The fourth-order valence-corrected chi connectivity index (χ4v) is 7.07. The van der Waals surface area contributed by atoms with Crippen molar-refractivity contribution in [2.24, 2.45) is 11.8 Å². The lowest BCUT2D eigenvalue weighted by atomic mass is 9.78. The topological polar surface area (TPSA) is 46.1 Å². The monoisotopic (exact) mass is 557 g/mol. The molecule has 1 aliphatic carbocycles. The van der Waals surface area contributed by atoms with Gasteiger partial charge in [0.25, 0.3) is 0 Å². The number of carbonyl (C=O) groups is 1. The normalized spacial score (nSPS) is 17.2. The van der Waals surface area contributed by atoms with Crippen LogP contribution < -0.4 is 4.90 Å². The maximum absolute atomic E-state index is 13.5. The first-order valence-electron chi connectivity index (χ1n) is 15.9. The number of fused-ring (bicyclic) bond motifs is 3. The molecule has 216 valence electrons. The van der Waals surface area contributed by atoms with Crippen LogP contribution in [0.5, 0.6) is 0 Å². The molecule has 0 aliphatic heterocycles. The SMILES string of the molecule is CN(C)c1nc(CCCCC2CCC(CCCC(=O)c3c4ccccc4cc4ccccc34)CC2)nc2ccccc12. The summed E-state index contributed by atoms with van der Waals surface area (Å²) >= 11 is 0. The third-order valence-electron chi connectivity index (χ3n) is 9.35. The summed E-state index contributed by atoms with van der Waals surface area (Å²) in [5, 5.41) is 5.61. The number of carbonyl (C=O) groups excluding carboxylic acids is 1. The molecule has 1 fully saturated rings. The molecule has 0 atom stereocenters. The number of benzene rings is 4. The third-order valence-corrected chi connectivity index (χ3v) is 9.35. The van der Waals surface area contributed by atoms with Crippen LogP contribution in [0, 0.1) is 11.8 Å². The average Bonchev–Trinajstić information content (AvgIpc) is 3.02. The molecule has 0 saturated heterocycles. The van der Waals surface area contributed by atoms with E-state index in [4.69, 9.17) is 9.97 Å². The number of hydrogen-bond donors (Lipinski definition) is 0. The van der Waals surface area contributed by atoms with Crippen molar-refractivity contribution in [1.82, 2.24) is 9.97 Å². The van der Waals surface area contributed by atoms with Gasteiger partial charge in [0.2, 0.25) is 0 Å². The van der Waals surface area contributed by atoms with Crippen molar-refractivity contribution in [3.05, 3.63) is 90.3 Å². The Hall–Kier alpha value is -3.79. The van der Waals surface area contributed by atoms with Gasteiger partial charge in [0.15, 0.2) is 5.78 Å². The van der Waals surface area contributed by atoms with E-state index in [1.807, 2.05) is 12.1 Å². The van der Waals surface area contributed by atoms with E-state index in [-0.39, 0.29) is 0 Å². The number of nitrogens with zero attached hydrogens (tertiary/aromatic N) is 3. The molecule has 1 saturated carbocycles. The number of para-hydroxylation sites is 1. The standard InChI is InChI=1S/C38H43N3O/c1-41(2)38-33-18-8-9-19-34(33)39-36(40-38)21-10-3-12-27-22-24-28(25-23-27)13-11-20-35(42)37-31-16-6-4-14-29(31)26-30-15-5-7-17-32(30)37/h4-9,14-19,26-28H,3,10-13,20-25H2,1-2H3. The molecule has 5 aromatic rings. The van der Waals surface area contributed by atoms with Gasteiger partial charge >= 0.3 is 0 Å². The van der Waals surface area contributed by atoms with Gasteiger partial charge in [0.1, 0.15) is 11.6 Å². The summed E-state index contributed by atoms with van der Waals surface area (Å²) in [6, 6.07) is 27.2. The predicted octanol–water partition coefficient (Wildman–Crippen LogP) is 9.57. The van der Waals surface area contributed by atoms with E-state index >= 15 is 0 Å². The summed E-state index contributed by atoms with van der Waals surface area (Å²) in [4.78, 5) is 25.3. The molecule has 0 unspecified atom stereocenters. The van der Waals surface area contributed by atoms with Crippen LogP contribution >= 0.6 is 0 Å². The van der Waals surface area contributed by atoms with E-state index in [0.29, 0.717) is 12.2 Å². The fourth-order valence-electron chi connectivity index (χ4n) is 7.07. The van der Waals surface area contributed by atoms with E-state index in [2.05, 4.69) is 85.7 Å². The van der Waals surface area contributed by atoms with Crippen molar-refractivity contribution < 1.29 is 4.79 Å². The minimum absolute atomic E-state index is 0.296. The molecule has 0 N–H and O–H groups in total. The molecular weight excluding hydrogens is 514 g/mol. The minimum atomic E-state index is 0.296. The number of unbranched alkanes of at least 4 members (excludes halogenated alkanes) is 1. The van der Waals surface area contributed by atoms with E-state index in [1.54, 1.807) is 0 Å². The van der Waals surface area contributed by atoms with Gasteiger partial charge in [0.05, 0.1) is 5.52 Å². The fraction of sp³-hybridized carbons (Fsp3) is 0.395. The zero-order valence-corrected chi connectivity index (χ0v) is 25.2. The molecule has 4 heteroatoms. The van der Waals surface area contributed by atoms with Crippen LogP contribution in [0.3, 0.4) is 0 Å². The Morgan fingerprint density at radius 3 is 1.93 bits per heavy atom. The summed E-state index contributed by atoms with van der Waals surface area (Å²) in [6.45, 7) is 0. The van der Waals surface area contributed by atoms with Crippen molar-refractivity contribution >= 4 is 44.0 Å². The highest BCUT2D eigenvalue weighted by atomic mass is 16.1. The van der Waals surface area contributed by atoms with Crippen molar-refractivity contribution in [1.29, 1.82) is 0 Å². The first kappa shape index (κ1) is 28.3. The highest BCUT2D eigenvalue weighted by Gasteiger charge is 2.22. The molecule has 1 heterocycles. The number of anilines is 1. The first-order valence-corrected chi connectivity index (χ1v) is 15.9. The van der Waals surface area contributed by atoms with Crippen LogP contribution in [-0.2, 0) is 6.42 Å². The van der Waals surface area contributed by atoms with E-state index in [1.165, 1.54) is 44.9 Å². The average molecular weight is 558 g/mol. The van der Waals surface area contributed by atoms with Gasteiger partial charge in [-0.15, -0.1) is 0 Å². The second kappa shape index (κ2) is 13.0. The molecule has 0 spiro atoms. The van der Waals surface area contributed by atoms with Gasteiger partial charge < -0.3 is 4.90 Å². The second-order valence-electron chi connectivity index (χ2n) is 12.5. The molecule has 4 aromatic carbocycles. The van der Waals surface area contributed by atoms with Gasteiger partial charge in [0, 0.05) is 37.9 Å². The third kappa shape index (κ3) is 6.33. The van der Waals surface area contributed by atoms with Crippen LogP contribution in [0.4, 0.5) is 5.82 Å². The number of Topliss-reactive ketones (excluding diaryl/α,β-unsaturated/α-hetero) is 1. The predicted molar refractivity (Wildman–Crippen MR) is 177 cm³/mol. The van der Waals surface area contributed by atoms with Crippen molar-refractivity contribution in [2.45, 2.75) is 70.6 Å². The van der Waals surface area contributed by atoms with Gasteiger partial charge in [-0.3, -0.25) is 4.79 Å². The summed E-state index contributed by atoms with van der Waals surface area (Å²) < 4.78 is 0. The van der Waals surface area contributed by atoms with Gasteiger partial charge in [-0.25, -0.2) is 9.97 Å².